The Morgan fingerprint density at radius 3 is 2.86 bits per heavy atom. The molecule has 0 atom stereocenters. The zero-order valence-electron chi connectivity index (χ0n) is 11.5. The average Bonchev–Trinajstić information content (AvgIpc) is 2.72. The third kappa shape index (κ3) is 3.21. The predicted octanol–water partition coefficient (Wildman–Crippen LogP) is 3.60. The van der Waals surface area contributed by atoms with Crippen LogP contribution in [0.15, 0.2) is 22.7 Å². The molecule has 0 spiro atoms. The normalized spacial score (nSPS) is 10.7. The number of nitrogens with zero attached hydrogens (tertiary/aromatic N) is 3. The molecule has 6 nitrogen and oxygen atoms in total. The van der Waals surface area contributed by atoms with Crippen molar-refractivity contribution < 1.29 is 14.1 Å². The third-order valence-corrected chi connectivity index (χ3v) is 3.97. The summed E-state index contributed by atoms with van der Waals surface area (Å²) in [5.74, 6) is -0.653. The molecule has 2 aromatic rings. The summed E-state index contributed by atoms with van der Waals surface area (Å²) < 4.78 is 21.1. The van der Waals surface area contributed by atoms with Crippen LogP contribution in [0.25, 0.3) is 0 Å². The van der Waals surface area contributed by atoms with Gasteiger partial charge in [-0.3, -0.25) is 14.8 Å². The molecule has 0 saturated heterocycles. The van der Waals surface area contributed by atoms with Gasteiger partial charge in [-0.05, 0) is 41.9 Å². The molecule has 0 aliphatic rings. The van der Waals surface area contributed by atoms with E-state index >= 15 is 0 Å². The molecule has 8 heteroatoms. The molecule has 1 heterocycles. The Morgan fingerprint density at radius 2 is 2.24 bits per heavy atom. The van der Waals surface area contributed by atoms with Crippen LogP contribution in [0.2, 0.25) is 0 Å². The van der Waals surface area contributed by atoms with E-state index in [4.69, 9.17) is 4.74 Å². The van der Waals surface area contributed by atoms with E-state index in [1.54, 1.807) is 4.68 Å². The molecule has 1 aromatic carbocycles. The zero-order valence-corrected chi connectivity index (χ0v) is 13.1. The van der Waals surface area contributed by atoms with Gasteiger partial charge in [0.2, 0.25) is 0 Å². The van der Waals surface area contributed by atoms with E-state index in [1.165, 1.54) is 6.07 Å². The van der Waals surface area contributed by atoms with Crippen LogP contribution in [0.4, 0.5) is 10.1 Å². The van der Waals surface area contributed by atoms with Gasteiger partial charge in [-0.2, -0.15) is 5.10 Å². The minimum Gasteiger partial charge on any atom is -0.480 e. The largest absolute Gasteiger partial charge is 0.480 e. The lowest BCUT2D eigenvalue weighted by Gasteiger charge is -2.09. The summed E-state index contributed by atoms with van der Waals surface area (Å²) in [7, 11) is 0. The van der Waals surface area contributed by atoms with E-state index in [0.717, 1.165) is 28.0 Å². The van der Waals surface area contributed by atoms with E-state index < -0.39 is 16.4 Å². The second kappa shape index (κ2) is 6.21. The van der Waals surface area contributed by atoms with E-state index in [-0.39, 0.29) is 12.4 Å². The molecule has 0 amide bonds. The summed E-state index contributed by atoms with van der Waals surface area (Å²) in [6, 6.07) is 3.22. The first kappa shape index (κ1) is 15.4. The topological polar surface area (TPSA) is 70.2 Å². The van der Waals surface area contributed by atoms with Crippen LogP contribution in [0, 0.1) is 22.9 Å². The number of halogens is 2. The maximum atomic E-state index is 13.1. The Hall–Kier alpha value is -1.96. The lowest BCUT2D eigenvalue weighted by molar-refractivity contribution is -0.386. The molecule has 21 heavy (non-hydrogen) atoms. The first-order chi connectivity index (χ1) is 9.93. The Kier molecular flexibility index (Phi) is 4.56. The van der Waals surface area contributed by atoms with Gasteiger partial charge < -0.3 is 4.74 Å². The van der Waals surface area contributed by atoms with Gasteiger partial charge in [0.1, 0.15) is 12.4 Å². The molecular weight excluding hydrogens is 345 g/mol. The second-order valence-corrected chi connectivity index (χ2v) is 5.11. The van der Waals surface area contributed by atoms with Crippen LogP contribution in [0.1, 0.15) is 18.3 Å². The summed E-state index contributed by atoms with van der Waals surface area (Å²) in [4.78, 5) is 10.2. The van der Waals surface area contributed by atoms with Crippen molar-refractivity contribution in [2.75, 3.05) is 0 Å². The highest BCUT2D eigenvalue weighted by Crippen LogP contribution is 2.29. The molecule has 0 saturated carbocycles. The lowest BCUT2D eigenvalue weighted by atomic mass is 10.3. The van der Waals surface area contributed by atoms with Gasteiger partial charge in [-0.15, -0.1) is 0 Å². The van der Waals surface area contributed by atoms with Crippen molar-refractivity contribution in [3.05, 3.63) is 50.0 Å². The van der Waals surface area contributed by atoms with Crippen LogP contribution < -0.4 is 4.74 Å². The highest BCUT2D eigenvalue weighted by atomic mass is 79.9. The van der Waals surface area contributed by atoms with E-state index in [1.807, 2.05) is 13.8 Å². The number of hydrogen-bond donors (Lipinski definition) is 0. The summed E-state index contributed by atoms with van der Waals surface area (Å²) >= 11 is 3.42. The van der Waals surface area contributed by atoms with Gasteiger partial charge in [0.05, 0.1) is 26.9 Å². The van der Waals surface area contributed by atoms with Crippen LogP contribution in [0.5, 0.6) is 5.75 Å². The van der Waals surface area contributed by atoms with Crippen LogP contribution in [0.3, 0.4) is 0 Å². The van der Waals surface area contributed by atoms with Gasteiger partial charge in [-0.25, -0.2) is 4.39 Å². The van der Waals surface area contributed by atoms with E-state index in [9.17, 15) is 14.5 Å². The van der Waals surface area contributed by atoms with E-state index in [2.05, 4.69) is 21.0 Å². The smallest absolute Gasteiger partial charge is 0.313 e. The molecular formula is C13H13BrFN3O3. The summed E-state index contributed by atoms with van der Waals surface area (Å²) in [5.41, 5.74) is 1.18. The van der Waals surface area contributed by atoms with Gasteiger partial charge in [0.25, 0.3) is 0 Å². The fourth-order valence-corrected chi connectivity index (χ4v) is 2.31. The molecule has 1 aromatic heterocycles. The third-order valence-electron chi connectivity index (χ3n) is 2.93. The standard InChI is InChI=1S/C13H13BrFN3O3/c1-3-17-11(13(14)8(2)16-17)7-21-12-5-4-9(15)6-10(12)18(19)20/h4-6H,3,7H2,1-2H3. The van der Waals surface area contributed by atoms with Crippen molar-refractivity contribution >= 4 is 21.6 Å². The second-order valence-electron chi connectivity index (χ2n) is 4.32. The minimum atomic E-state index is -0.676. The number of hydrogen-bond acceptors (Lipinski definition) is 4. The van der Waals surface area contributed by atoms with Gasteiger partial charge in [0, 0.05) is 6.54 Å². The summed E-state index contributed by atoms with van der Waals surface area (Å²) in [6.45, 7) is 4.53. The fraction of sp³-hybridized carbons (Fsp3) is 0.308. The lowest BCUT2D eigenvalue weighted by Crippen LogP contribution is -2.07. The van der Waals surface area contributed by atoms with Gasteiger partial charge >= 0.3 is 5.69 Å². The van der Waals surface area contributed by atoms with Crippen LogP contribution >= 0.6 is 15.9 Å². The maximum absolute atomic E-state index is 13.1. The van der Waals surface area contributed by atoms with Crippen molar-refractivity contribution in [1.29, 1.82) is 0 Å². The minimum absolute atomic E-state index is 0.0230. The van der Waals surface area contributed by atoms with Crippen molar-refractivity contribution in [3.8, 4) is 5.75 Å². The molecule has 0 fully saturated rings. The monoisotopic (exact) mass is 357 g/mol. The highest BCUT2D eigenvalue weighted by Gasteiger charge is 2.18. The Labute approximate surface area is 128 Å². The van der Waals surface area contributed by atoms with Crippen molar-refractivity contribution in [1.82, 2.24) is 9.78 Å². The number of aromatic nitrogens is 2. The molecule has 112 valence electrons. The summed E-state index contributed by atoms with van der Waals surface area (Å²) in [6.07, 6.45) is 0. The molecule has 0 unspecified atom stereocenters. The van der Waals surface area contributed by atoms with Crippen LogP contribution in [-0.2, 0) is 13.2 Å². The van der Waals surface area contributed by atoms with Crippen LogP contribution in [-0.4, -0.2) is 14.7 Å². The number of nitro groups is 1. The number of nitro benzene ring substituents is 1. The molecule has 0 aliphatic heterocycles. The summed E-state index contributed by atoms with van der Waals surface area (Å²) in [5, 5.41) is 15.2. The maximum Gasteiger partial charge on any atom is 0.313 e. The molecule has 2 rings (SSSR count). The molecule has 0 N–H and O–H groups in total. The highest BCUT2D eigenvalue weighted by molar-refractivity contribution is 9.10. The Bertz CT molecular complexity index is 688. The quantitative estimate of drug-likeness (QED) is 0.605. The first-order valence-corrected chi connectivity index (χ1v) is 7.01. The number of aryl methyl sites for hydroxylation is 2. The van der Waals surface area contributed by atoms with E-state index in [0.29, 0.717) is 6.54 Å². The zero-order chi connectivity index (χ0) is 15.6. The number of benzene rings is 1. The Balaban J connectivity index is 2.27. The molecule has 0 radical (unpaired) electrons. The fourth-order valence-electron chi connectivity index (χ4n) is 1.91. The van der Waals surface area contributed by atoms with Crippen molar-refractivity contribution in [2.45, 2.75) is 27.0 Å². The average molecular weight is 358 g/mol. The van der Waals surface area contributed by atoms with Gasteiger partial charge in [-0.1, -0.05) is 0 Å². The number of rotatable bonds is 5. The molecule has 0 bridgehead atoms. The molecule has 0 aliphatic carbocycles. The predicted molar refractivity (Wildman–Crippen MR) is 77.7 cm³/mol. The van der Waals surface area contributed by atoms with Crippen molar-refractivity contribution in [2.24, 2.45) is 0 Å². The van der Waals surface area contributed by atoms with Gasteiger partial charge in [0.15, 0.2) is 5.75 Å². The SMILES string of the molecule is CCn1nc(C)c(Br)c1COc1ccc(F)cc1[N+](=O)[O-]. The van der Waals surface area contributed by atoms with Crippen molar-refractivity contribution in [3.63, 3.8) is 0 Å². The first-order valence-electron chi connectivity index (χ1n) is 6.22. The number of ether oxygens (including phenoxy) is 1. The Morgan fingerprint density at radius 1 is 1.52 bits per heavy atom.